The lowest BCUT2D eigenvalue weighted by molar-refractivity contribution is -0.144. The molecule has 0 saturated carbocycles. The van der Waals surface area contributed by atoms with E-state index >= 15 is 0 Å². The zero-order valence-electron chi connectivity index (χ0n) is 36.9. The Labute approximate surface area is 374 Å². The fraction of sp³-hybridized carbons (Fsp3) is 0.435. The lowest BCUT2D eigenvalue weighted by Crippen LogP contribution is -2.57. The van der Waals surface area contributed by atoms with E-state index in [4.69, 9.17) is 15.2 Å². The molecule has 342 valence electrons. The summed E-state index contributed by atoms with van der Waals surface area (Å²) in [6, 6.07) is 12.1. The Morgan fingerprint density at radius 3 is 2.41 bits per heavy atom. The number of fused-ring (bicyclic) bond motifs is 1. The van der Waals surface area contributed by atoms with Gasteiger partial charge in [-0.3, -0.25) is 14.4 Å². The molecule has 4 unspecified atom stereocenters. The van der Waals surface area contributed by atoms with Gasteiger partial charge in [0.2, 0.25) is 17.7 Å². The SMILES string of the molecule is COc1cc2nc(C)nc(NC(C)c3cc(N)cc(C(F)(F)F)c3)c2cc1OCCCCC(=O)NC(C(=O)N1CC(O)CC1C(=O)NCc1ccc(-c2scnc2C)cc1)C(C)(C)C. The summed E-state index contributed by atoms with van der Waals surface area (Å²) in [6.45, 7) is 11.2. The summed E-state index contributed by atoms with van der Waals surface area (Å²) in [4.78, 5) is 56.7. The number of nitrogens with one attached hydrogen (secondary N) is 3. The normalized spacial score (nSPS) is 16.3. The highest BCUT2D eigenvalue weighted by Gasteiger charge is 2.44. The molecular formula is C46H55F3N8O6S. The van der Waals surface area contributed by atoms with E-state index in [-0.39, 0.29) is 50.0 Å². The summed E-state index contributed by atoms with van der Waals surface area (Å²) in [5, 5.41) is 20.2. The number of aliphatic hydroxyl groups is 1. The molecule has 14 nitrogen and oxygen atoms in total. The van der Waals surface area contributed by atoms with Gasteiger partial charge < -0.3 is 41.2 Å². The van der Waals surface area contributed by atoms with Crippen molar-refractivity contribution in [2.24, 2.45) is 5.41 Å². The quantitative estimate of drug-likeness (QED) is 0.0486. The number of alkyl halides is 3. The van der Waals surface area contributed by atoms with Crippen LogP contribution in [0, 0.1) is 19.3 Å². The first-order valence-corrected chi connectivity index (χ1v) is 21.9. The minimum absolute atomic E-state index is 0.0161. The Hall–Kier alpha value is -6.01. The number of methoxy groups -OCH3 is 1. The van der Waals surface area contributed by atoms with Crippen molar-refractivity contribution in [1.82, 2.24) is 30.5 Å². The van der Waals surface area contributed by atoms with E-state index in [1.165, 1.54) is 18.1 Å². The van der Waals surface area contributed by atoms with E-state index in [0.717, 1.165) is 33.8 Å². The topological polar surface area (TPSA) is 194 Å². The summed E-state index contributed by atoms with van der Waals surface area (Å²) in [5.41, 5.74) is 9.74. The van der Waals surface area contributed by atoms with Crippen LogP contribution in [0.15, 0.2) is 60.1 Å². The zero-order chi connectivity index (χ0) is 46.5. The third-order valence-corrected chi connectivity index (χ3v) is 12.0. The number of aromatic nitrogens is 3. The van der Waals surface area contributed by atoms with Crippen LogP contribution in [-0.2, 0) is 27.1 Å². The molecule has 3 heterocycles. The van der Waals surface area contributed by atoms with Crippen molar-refractivity contribution in [2.75, 3.05) is 31.3 Å². The van der Waals surface area contributed by atoms with Gasteiger partial charge >= 0.3 is 6.18 Å². The number of unbranched alkanes of at least 4 members (excludes halogenated alkanes) is 1. The van der Waals surface area contributed by atoms with Crippen LogP contribution in [-0.4, -0.2) is 81.1 Å². The summed E-state index contributed by atoms with van der Waals surface area (Å²) >= 11 is 1.56. The third kappa shape index (κ3) is 11.6. The Bertz CT molecular complexity index is 2470. The van der Waals surface area contributed by atoms with Gasteiger partial charge in [-0.05, 0) is 80.0 Å². The molecule has 4 atom stereocenters. The molecule has 64 heavy (non-hydrogen) atoms. The van der Waals surface area contributed by atoms with Gasteiger partial charge in [0.15, 0.2) is 11.5 Å². The van der Waals surface area contributed by atoms with Crippen molar-refractivity contribution in [3.8, 4) is 21.9 Å². The number of β-amino-alcohol motifs (C(OH)–C–C–N with tert-alkyl or cyclic N) is 1. The molecule has 2 aromatic heterocycles. The van der Waals surface area contributed by atoms with E-state index in [1.807, 2.05) is 52.0 Å². The molecule has 1 aliphatic rings. The molecule has 6 N–H and O–H groups in total. The average molecular weight is 905 g/mol. The second-order valence-electron chi connectivity index (χ2n) is 17.1. The number of amides is 3. The maximum absolute atomic E-state index is 14.1. The predicted molar refractivity (Wildman–Crippen MR) is 240 cm³/mol. The van der Waals surface area contributed by atoms with E-state index in [1.54, 1.807) is 42.8 Å². The van der Waals surface area contributed by atoms with Gasteiger partial charge in [-0.25, -0.2) is 15.0 Å². The monoisotopic (exact) mass is 904 g/mol. The number of nitrogen functional groups attached to an aromatic ring is 1. The smallest absolute Gasteiger partial charge is 0.416 e. The second-order valence-corrected chi connectivity index (χ2v) is 18.0. The van der Waals surface area contributed by atoms with Crippen LogP contribution in [0.25, 0.3) is 21.3 Å². The Morgan fingerprint density at radius 1 is 1.02 bits per heavy atom. The number of aliphatic hydroxyl groups excluding tert-OH is 1. The Balaban J connectivity index is 1.04. The number of anilines is 2. The Morgan fingerprint density at radius 2 is 1.75 bits per heavy atom. The number of aryl methyl sites for hydroxylation is 2. The van der Waals surface area contributed by atoms with Crippen LogP contribution >= 0.6 is 11.3 Å². The van der Waals surface area contributed by atoms with Crippen molar-refractivity contribution < 1.29 is 42.1 Å². The highest BCUT2D eigenvalue weighted by Crippen LogP contribution is 2.37. The number of benzene rings is 3. The van der Waals surface area contributed by atoms with Gasteiger partial charge in [-0.1, -0.05) is 45.0 Å². The van der Waals surface area contributed by atoms with Gasteiger partial charge in [0.05, 0.1) is 53.0 Å². The van der Waals surface area contributed by atoms with Crippen molar-refractivity contribution >= 4 is 51.5 Å². The molecule has 18 heteroatoms. The molecule has 0 aliphatic carbocycles. The molecule has 0 radical (unpaired) electrons. The molecule has 3 amide bonds. The molecule has 1 fully saturated rings. The maximum Gasteiger partial charge on any atom is 0.416 e. The largest absolute Gasteiger partial charge is 0.493 e. The van der Waals surface area contributed by atoms with E-state index < -0.39 is 47.3 Å². The van der Waals surface area contributed by atoms with Gasteiger partial charge in [0.1, 0.15) is 23.7 Å². The van der Waals surface area contributed by atoms with Crippen LogP contribution < -0.4 is 31.2 Å². The van der Waals surface area contributed by atoms with Crippen molar-refractivity contribution in [2.45, 2.75) is 104 Å². The van der Waals surface area contributed by atoms with Crippen LogP contribution in [0.2, 0.25) is 0 Å². The first kappa shape index (κ1) is 47.5. The zero-order valence-corrected chi connectivity index (χ0v) is 37.7. The third-order valence-electron chi connectivity index (χ3n) is 11.0. The van der Waals surface area contributed by atoms with Gasteiger partial charge in [-0.2, -0.15) is 13.2 Å². The number of thiazole rings is 1. The lowest BCUT2D eigenvalue weighted by atomic mass is 9.85. The number of nitrogens with zero attached hydrogens (tertiary/aromatic N) is 4. The summed E-state index contributed by atoms with van der Waals surface area (Å²) < 4.78 is 52.3. The van der Waals surface area contributed by atoms with Gasteiger partial charge in [-0.15, -0.1) is 11.3 Å². The molecule has 1 saturated heterocycles. The number of hydrogen-bond donors (Lipinski definition) is 5. The standard InChI is InChI=1S/C46H55F3N8O6S/c1-25(30-16-31(46(47,48)49)18-32(50)17-30)53-42-34-20-38(37(62-7)21-35(34)54-27(3)55-42)63-15-9-8-10-39(59)56-41(45(4,5)6)44(61)57-23-33(58)19-36(57)43(60)51-22-28-11-13-29(14-12-28)40-26(2)52-24-64-40/h11-14,16-18,20-21,24-25,33,36,41,58H,8-10,15,19,22-23,50H2,1-7H3,(H,51,60)(H,56,59)(H,53,54,55). The Kier molecular flexibility index (Phi) is 14.7. The number of nitrogens with two attached hydrogens (primary N) is 1. The predicted octanol–water partition coefficient (Wildman–Crippen LogP) is 7.51. The van der Waals surface area contributed by atoms with Crippen LogP contribution in [0.4, 0.5) is 24.7 Å². The van der Waals surface area contributed by atoms with Crippen molar-refractivity contribution in [3.63, 3.8) is 0 Å². The van der Waals surface area contributed by atoms with E-state index in [0.29, 0.717) is 52.4 Å². The summed E-state index contributed by atoms with van der Waals surface area (Å²) in [7, 11) is 1.49. The highest BCUT2D eigenvalue weighted by molar-refractivity contribution is 7.13. The van der Waals surface area contributed by atoms with Crippen LogP contribution in [0.5, 0.6) is 11.5 Å². The molecule has 6 rings (SSSR count). The van der Waals surface area contributed by atoms with Gasteiger partial charge in [0, 0.05) is 43.1 Å². The minimum atomic E-state index is -4.57. The minimum Gasteiger partial charge on any atom is -0.493 e. The first-order valence-electron chi connectivity index (χ1n) is 21.0. The number of likely N-dealkylation sites (tertiary alicyclic amines) is 1. The maximum atomic E-state index is 14.1. The van der Waals surface area contributed by atoms with Crippen molar-refractivity contribution in [1.29, 1.82) is 0 Å². The average Bonchev–Trinajstić information content (AvgIpc) is 3.85. The molecule has 3 aromatic carbocycles. The molecule has 5 aromatic rings. The molecule has 1 aliphatic heterocycles. The summed E-state index contributed by atoms with van der Waals surface area (Å²) in [6.07, 6.45) is -4.42. The highest BCUT2D eigenvalue weighted by atomic mass is 32.1. The number of carbonyl (C=O) groups is 3. The van der Waals surface area contributed by atoms with Gasteiger partial charge in [0.25, 0.3) is 0 Å². The lowest BCUT2D eigenvalue weighted by Gasteiger charge is -2.35. The van der Waals surface area contributed by atoms with E-state index in [2.05, 4.69) is 30.9 Å². The fourth-order valence-electron chi connectivity index (χ4n) is 7.60. The van der Waals surface area contributed by atoms with Crippen molar-refractivity contribution in [3.05, 3.63) is 88.3 Å². The number of rotatable bonds is 16. The van der Waals surface area contributed by atoms with Crippen LogP contribution in [0.1, 0.15) is 87.6 Å². The number of carbonyl (C=O) groups excluding carboxylic acids is 3. The molecule has 0 bridgehead atoms. The molecular weight excluding hydrogens is 850 g/mol. The number of hydrogen-bond acceptors (Lipinski definition) is 12. The number of halogens is 3. The van der Waals surface area contributed by atoms with Crippen LogP contribution in [0.3, 0.4) is 0 Å². The summed E-state index contributed by atoms with van der Waals surface area (Å²) in [5.74, 6) is 0.377. The fourth-order valence-corrected chi connectivity index (χ4v) is 8.41. The number of ether oxygens (including phenoxy) is 2. The van der Waals surface area contributed by atoms with E-state index in [9.17, 15) is 32.7 Å². The molecule has 0 spiro atoms. The second kappa shape index (κ2) is 19.8. The first-order chi connectivity index (χ1) is 30.2.